The zero-order valence-electron chi connectivity index (χ0n) is 16.2. The van der Waals surface area contributed by atoms with Crippen molar-refractivity contribution >= 4 is 14.0 Å². The fourth-order valence-electron chi connectivity index (χ4n) is 4.02. The summed E-state index contributed by atoms with van der Waals surface area (Å²) in [5.41, 5.74) is 0. The molecule has 0 aromatic heterocycles. The fourth-order valence-corrected chi connectivity index (χ4v) is 9.75. The number of hydrogen-bond acceptors (Lipinski definition) is 1. The molecule has 0 aliphatic rings. The molecule has 1 N–H and O–H groups in total. The first-order chi connectivity index (χ1) is 11.1. The quantitative estimate of drug-likeness (QED) is 0.223. The SMILES string of the molecule is CCCC[Si](CCC)(CCC)CCCCCCCCCC(=O)O. The van der Waals surface area contributed by atoms with E-state index in [1.807, 2.05) is 0 Å². The van der Waals surface area contributed by atoms with Crippen LogP contribution in [-0.2, 0) is 4.79 Å². The molecule has 0 aliphatic heterocycles. The zero-order chi connectivity index (χ0) is 17.4. The molecule has 0 saturated heterocycles. The monoisotopic (exact) mass is 342 g/mol. The number of carbonyl (C=O) groups is 1. The lowest BCUT2D eigenvalue weighted by molar-refractivity contribution is -0.137. The van der Waals surface area contributed by atoms with E-state index in [9.17, 15) is 4.79 Å². The summed E-state index contributed by atoms with van der Waals surface area (Å²) in [6, 6.07) is 6.24. The van der Waals surface area contributed by atoms with E-state index in [2.05, 4.69) is 20.8 Å². The number of aliphatic carboxylic acids is 1. The van der Waals surface area contributed by atoms with Gasteiger partial charge in [0.15, 0.2) is 0 Å². The Bertz CT molecular complexity index is 273. The van der Waals surface area contributed by atoms with E-state index in [0.29, 0.717) is 6.42 Å². The van der Waals surface area contributed by atoms with Gasteiger partial charge in [-0.1, -0.05) is 109 Å². The van der Waals surface area contributed by atoms with Crippen molar-refractivity contribution in [1.82, 2.24) is 0 Å². The normalized spacial score (nSPS) is 11.8. The van der Waals surface area contributed by atoms with Crippen LogP contribution < -0.4 is 0 Å². The Kier molecular flexibility index (Phi) is 15.0. The van der Waals surface area contributed by atoms with Gasteiger partial charge in [-0.2, -0.15) is 0 Å². The molecule has 0 spiro atoms. The molecule has 0 unspecified atom stereocenters. The second kappa shape index (κ2) is 15.2. The summed E-state index contributed by atoms with van der Waals surface area (Å²) in [5, 5.41) is 8.62. The minimum atomic E-state index is -0.976. The van der Waals surface area contributed by atoms with Gasteiger partial charge in [-0.05, 0) is 6.42 Å². The number of unbranched alkanes of at least 4 members (excludes halogenated alkanes) is 7. The van der Waals surface area contributed by atoms with Gasteiger partial charge in [-0.15, -0.1) is 0 Å². The molecule has 0 amide bonds. The molecule has 138 valence electrons. The molecule has 0 saturated carbocycles. The molecule has 0 aromatic rings. The van der Waals surface area contributed by atoms with Crippen LogP contribution >= 0.6 is 0 Å². The second-order valence-corrected chi connectivity index (χ2v) is 12.5. The lowest BCUT2D eigenvalue weighted by Gasteiger charge is -2.32. The van der Waals surface area contributed by atoms with Crippen LogP contribution in [-0.4, -0.2) is 19.1 Å². The number of rotatable bonds is 17. The summed E-state index contributed by atoms with van der Waals surface area (Å²) in [6.07, 6.45) is 14.6. The highest BCUT2D eigenvalue weighted by Crippen LogP contribution is 2.32. The number of carboxylic acid groups (broad SMARTS) is 1. The topological polar surface area (TPSA) is 37.3 Å². The molecule has 0 radical (unpaired) electrons. The van der Waals surface area contributed by atoms with Crippen molar-refractivity contribution in [3.05, 3.63) is 0 Å². The van der Waals surface area contributed by atoms with Crippen molar-refractivity contribution in [1.29, 1.82) is 0 Å². The highest BCUT2D eigenvalue weighted by Gasteiger charge is 2.29. The van der Waals surface area contributed by atoms with Crippen LogP contribution in [0.5, 0.6) is 0 Å². The van der Waals surface area contributed by atoms with E-state index < -0.39 is 14.0 Å². The van der Waals surface area contributed by atoms with Gasteiger partial charge in [0.1, 0.15) is 0 Å². The molecule has 3 heteroatoms. The second-order valence-electron chi connectivity index (χ2n) is 7.47. The van der Waals surface area contributed by atoms with Crippen LogP contribution in [0, 0.1) is 0 Å². The first-order valence-electron chi connectivity index (χ1n) is 10.3. The van der Waals surface area contributed by atoms with E-state index in [-0.39, 0.29) is 0 Å². The fraction of sp³-hybridized carbons (Fsp3) is 0.950. The molecule has 2 nitrogen and oxygen atoms in total. The van der Waals surface area contributed by atoms with Gasteiger partial charge < -0.3 is 5.11 Å². The van der Waals surface area contributed by atoms with Crippen molar-refractivity contribution in [2.75, 3.05) is 0 Å². The van der Waals surface area contributed by atoms with Gasteiger partial charge in [-0.25, -0.2) is 0 Å². The van der Waals surface area contributed by atoms with Crippen LogP contribution in [0.4, 0.5) is 0 Å². The van der Waals surface area contributed by atoms with E-state index >= 15 is 0 Å². The number of carboxylic acids is 1. The average Bonchev–Trinajstić information content (AvgIpc) is 2.51. The molecule has 0 aliphatic carbocycles. The summed E-state index contributed by atoms with van der Waals surface area (Å²) in [4.78, 5) is 10.5. The predicted molar refractivity (Wildman–Crippen MR) is 105 cm³/mol. The summed E-state index contributed by atoms with van der Waals surface area (Å²) in [7, 11) is -0.976. The molecule has 0 rings (SSSR count). The van der Waals surface area contributed by atoms with Crippen molar-refractivity contribution in [2.24, 2.45) is 0 Å². The van der Waals surface area contributed by atoms with E-state index in [0.717, 1.165) is 12.8 Å². The van der Waals surface area contributed by atoms with Gasteiger partial charge in [0, 0.05) is 6.42 Å². The highest BCUT2D eigenvalue weighted by molar-refractivity contribution is 6.79. The third-order valence-electron chi connectivity index (χ3n) is 5.22. The highest BCUT2D eigenvalue weighted by atomic mass is 28.3. The van der Waals surface area contributed by atoms with E-state index in [4.69, 9.17) is 5.11 Å². The summed E-state index contributed by atoms with van der Waals surface area (Å²) in [5.74, 6) is -0.648. The Morgan fingerprint density at radius 2 is 1.13 bits per heavy atom. The number of hydrogen-bond donors (Lipinski definition) is 1. The maximum Gasteiger partial charge on any atom is 0.303 e. The predicted octanol–water partition coefficient (Wildman–Crippen LogP) is 7.26. The van der Waals surface area contributed by atoms with Gasteiger partial charge in [0.05, 0.1) is 8.07 Å². The van der Waals surface area contributed by atoms with Crippen molar-refractivity contribution in [2.45, 2.75) is 122 Å². The van der Waals surface area contributed by atoms with Gasteiger partial charge in [0.25, 0.3) is 0 Å². The van der Waals surface area contributed by atoms with Crippen LogP contribution in [0.3, 0.4) is 0 Å². The van der Waals surface area contributed by atoms with Gasteiger partial charge >= 0.3 is 5.97 Å². The molecule has 0 heterocycles. The molecular weight excluding hydrogens is 300 g/mol. The Morgan fingerprint density at radius 1 is 0.652 bits per heavy atom. The third-order valence-corrected chi connectivity index (χ3v) is 11.2. The molecule has 0 bridgehead atoms. The van der Waals surface area contributed by atoms with Crippen LogP contribution in [0.25, 0.3) is 0 Å². The standard InChI is InChI=1S/C20H42O2Si/c1-4-7-18-23(16-5-2,17-6-3)19-14-12-10-8-9-11-13-15-20(21)22/h4-19H2,1-3H3,(H,21,22). The van der Waals surface area contributed by atoms with Gasteiger partial charge in [-0.3, -0.25) is 4.79 Å². The van der Waals surface area contributed by atoms with E-state index in [1.54, 1.807) is 24.2 Å². The first-order valence-corrected chi connectivity index (χ1v) is 13.1. The molecule has 0 fully saturated rings. The Morgan fingerprint density at radius 3 is 1.61 bits per heavy atom. The Labute approximate surface area is 146 Å². The van der Waals surface area contributed by atoms with Crippen molar-refractivity contribution in [3.63, 3.8) is 0 Å². The zero-order valence-corrected chi connectivity index (χ0v) is 17.2. The van der Waals surface area contributed by atoms with E-state index in [1.165, 1.54) is 57.8 Å². The average molecular weight is 343 g/mol. The smallest absolute Gasteiger partial charge is 0.303 e. The maximum atomic E-state index is 10.5. The molecule has 0 aromatic carbocycles. The lowest BCUT2D eigenvalue weighted by Crippen LogP contribution is -2.33. The molecule has 23 heavy (non-hydrogen) atoms. The van der Waals surface area contributed by atoms with Gasteiger partial charge in [0.2, 0.25) is 0 Å². The van der Waals surface area contributed by atoms with Crippen molar-refractivity contribution < 1.29 is 9.90 Å². The van der Waals surface area contributed by atoms with Crippen LogP contribution in [0.15, 0.2) is 0 Å². The third kappa shape index (κ3) is 12.7. The largest absolute Gasteiger partial charge is 0.481 e. The van der Waals surface area contributed by atoms with Crippen molar-refractivity contribution in [3.8, 4) is 0 Å². The minimum absolute atomic E-state index is 0.347. The summed E-state index contributed by atoms with van der Waals surface area (Å²) < 4.78 is 0. The van der Waals surface area contributed by atoms with Crippen LogP contribution in [0.2, 0.25) is 24.2 Å². The first kappa shape index (κ1) is 22.7. The Hall–Kier alpha value is -0.313. The lowest BCUT2D eigenvalue weighted by atomic mass is 10.1. The molecular formula is C20H42O2Si. The molecule has 0 atom stereocenters. The van der Waals surface area contributed by atoms with Crippen LogP contribution in [0.1, 0.15) is 97.8 Å². The minimum Gasteiger partial charge on any atom is -0.481 e. The summed E-state index contributed by atoms with van der Waals surface area (Å²) in [6.45, 7) is 7.09. The Balaban J connectivity index is 3.86. The summed E-state index contributed by atoms with van der Waals surface area (Å²) >= 11 is 0. The maximum absolute atomic E-state index is 10.5.